The molecular weight excluding hydrogens is 260 g/mol. The van der Waals surface area contributed by atoms with E-state index in [1.165, 1.54) is 32.1 Å². The van der Waals surface area contributed by atoms with Gasteiger partial charge in [-0.2, -0.15) is 0 Å². The van der Waals surface area contributed by atoms with E-state index in [4.69, 9.17) is 0 Å². The third-order valence-electron chi connectivity index (χ3n) is 4.61. The Hall–Kier alpha value is -0.280. The summed E-state index contributed by atoms with van der Waals surface area (Å²) in [5, 5.41) is 6.45. The zero-order valence-electron chi connectivity index (χ0n) is 12.1. The van der Waals surface area contributed by atoms with Crippen molar-refractivity contribution in [1.82, 2.24) is 10.6 Å². The standard InChI is InChI=1S/C15H28N2O.ClH/c1-12-3-2-4-13(11-12)5-10-17-15(18)14-6-8-16-9-7-14;/h12-14,16H,2-11H2,1H3,(H,17,18);1H. The highest BCUT2D eigenvalue weighted by atomic mass is 35.5. The van der Waals surface area contributed by atoms with Crippen LogP contribution in [0.5, 0.6) is 0 Å². The van der Waals surface area contributed by atoms with Crippen LogP contribution < -0.4 is 10.6 Å². The number of piperidine rings is 1. The van der Waals surface area contributed by atoms with Crippen LogP contribution in [0.15, 0.2) is 0 Å². The SMILES string of the molecule is CC1CCCC(CCNC(=O)C2CCNCC2)C1.Cl. The molecule has 2 fully saturated rings. The second kappa shape index (κ2) is 8.80. The molecule has 1 heterocycles. The molecule has 0 aromatic rings. The van der Waals surface area contributed by atoms with Crippen molar-refractivity contribution in [2.45, 2.75) is 51.9 Å². The van der Waals surface area contributed by atoms with E-state index in [2.05, 4.69) is 17.6 Å². The molecule has 1 aliphatic carbocycles. The topological polar surface area (TPSA) is 41.1 Å². The quantitative estimate of drug-likeness (QED) is 0.835. The number of carbonyl (C=O) groups is 1. The normalized spacial score (nSPS) is 28.5. The van der Waals surface area contributed by atoms with Crippen molar-refractivity contribution in [3.05, 3.63) is 0 Å². The molecular formula is C15H29ClN2O. The molecule has 3 nitrogen and oxygen atoms in total. The number of hydrogen-bond acceptors (Lipinski definition) is 2. The summed E-state index contributed by atoms with van der Waals surface area (Å²) in [7, 11) is 0. The Morgan fingerprint density at radius 1 is 1.21 bits per heavy atom. The molecule has 19 heavy (non-hydrogen) atoms. The smallest absolute Gasteiger partial charge is 0.223 e. The summed E-state index contributed by atoms with van der Waals surface area (Å²) < 4.78 is 0. The highest BCUT2D eigenvalue weighted by Crippen LogP contribution is 2.30. The minimum absolute atomic E-state index is 0. The number of carbonyl (C=O) groups excluding carboxylic acids is 1. The summed E-state index contributed by atoms with van der Waals surface area (Å²) in [5.74, 6) is 2.29. The molecule has 2 atom stereocenters. The molecule has 2 rings (SSSR count). The van der Waals surface area contributed by atoms with Crippen LogP contribution in [0.1, 0.15) is 51.9 Å². The zero-order valence-corrected chi connectivity index (χ0v) is 12.9. The Morgan fingerprint density at radius 3 is 2.63 bits per heavy atom. The van der Waals surface area contributed by atoms with Gasteiger partial charge in [0.05, 0.1) is 0 Å². The van der Waals surface area contributed by atoms with Crippen molar-refractivity contribution in [3.8, 4) is 0 Å². The molecule has 0 aromatic heterocycles. The van der Waals surface area contributed by atoms with Crippen LogP contribution in [0.3, 0.4) is 0 Å². The average Bonchev–Trinajstić information content (AvgIpc) is 2.40. The molecule has 0 spiro atoms. The van der Waals surface area contributed by atoms with Gasteiger partial charge in [-0.25, -0.2) is 0 Å². The Bertz CT molecular complexity index is 267. The number of rotatable bonds is 4. The Morgan fingerprint density at radius 2 is 1.95 bits per heavy atom. The lowest BCUT2D eigenvalue weighted by molar-refractivity contribution is -0.125. The average molecular weight is 289 g/mol. The number of hydrogen-bond donors (Lipinski definition) is 2. The fourth-order valence-electron chi connectivity index (χ4n) is 3.45. The van der Waals surface area contributed by atoms with Gasteiger partial charge < -0.3 is 10.6 Å². The van der Waals surface area contributed by atoms with Gasteiger partial charge in [-0.1, -0.05) is 26.2 Å². The van der Waals surface area contributed by atoms with Gasteiger partial charge in [0, 0.05) is 12.5 Å². The first-order valence-corrected chi connectivity index (χ1v) is 7.74. The van der Waals surface area contributed by atoms with Gasteiger partial charge in [-0.3, -0.25) is 4.79 Å². The largest absolute Gasteiger partial charge is 0.356 e. The van der Waals surface area contributed by atoms with Crippen molar-refractivity contribution in [2.75, 3.05) is 19.6 Å². The second-order valence-electron chi connectivity index (χ2n) is 6.24. The molecule has 2 N–H and O–H groups in total. The molecule has 0 radical (unpaired) electrons. The molecule has 1 aliphatic heterocycles. The predicted octanol–water partition coefficient (Wildman–Crippen LogP) is 2.74. The number of nitrogens with one attached hydrogen (secondary N) is 2. The van der Waals surface area contributed by atoms with Crippen molar-refractivity contribution in [2.24, 2.45) is 17.8 Å². The van der Waals surface area contributed by atoms with Crippen molar-refractivity contribution in [3.63, 3.8) is 0 Å². The molecule has 2 aliphatic rings. The Balaban J connectivity index is 0.00000180. The van der Waals surface area contributed by atoms with E-state index in [9.17, 15) is 4.79 Å². The van der Waals surface area contributed by atoms with E-state index < -0.39 is 0 Å². The van der Waals surface area contributed by atoms with E-state index in [0.29, 0.717) is 5.91 Å². The highest BCUT2D eigenvalue weighted by Gasteiger charge is 2.22. The van der Waals surface area contributed by atoms with Gasteiger partial charge >= 0.3 is 0 Å². The van der Waals surface area contributed by atoms with Crippen LogP contribution in [-0.2, 0) is 4.79 Å². The third-order valence-corrected chi connectivity index (χ3v) is 4.61. The van der Waals surface area contributed by atoms with Gasteiger partial charge in [0.1, 0.15) is 0 Å². The minimum atomic E-state index is 0. The van der Waals surface area contributed by atoms with Crippen molar-refractivity contribution >= 4 is 18.3 Å². The van der Waals surface area contributed by atoms with Crippen LogP contribution >= 0.6 is 12.4 Å². The monoisotopic (exact) mass is 288 g/mol. The third kappa shape index (κ3) is 5.70. The van der Waals surface area contributed by atoms with Crippen molar-refractivity contribution in [1.29, 1.82) is 0 Å². The van der Waals surface area contributed by atoms with Gasteiger partial charge in [0.25, 0.3) is 0 Å². The van der Waals surface area contributed by atoms with Gasteiger partial charge in [0.2, 0.25) is 5.91 Å². The Kier molecular flexibility index (Phi) is 7.77. The fourth-order valence-corrected chi connectivity index (χ4v) is 3.45. The maximum atomic E-state index is 12.0. The van der Waals surface area contributed by atoms with E-state index in [1.54, 1.807) is 0 Å². The molecule has 0 bridgehead atoms. The van der Waals surface area contributed by atoms with Gasteiger partial charge in [0.15, 0.2) is 0 Å². The maximum Gasteiger partial charge on any atom is 0.223 e. The summed E-state index contributed by atoms with van der Waals surface area (Å²) in [6.45, 7) is 5.25. The molecule has 4 heteroatoms. The van der Waals surface area contributed by atoms with E-state index >= 15 is 0 Å². The Labute approximate surface area is 123 Å². The molecule has 112 valence electrons. The number of amides is 1. The molecule has 1 saturated heterocycles. The van der Waals surface area contributed by atoms with Crippen LogP contribution in [0.25, 0.3) is 0 Å². The van der Waals surface area contributed by atoms with E-state index in [-0.39, 0.29) is 18.3 Å². The second-order valence-corrected chi connectivity index (χ2v) is 6.24. The maximum absolute atomic E-state index is 12.0. The first kappa shape index (κ1) is 16.8. The van der Waals surface area contributed by atoms with Crippen LogP contribution in [-0.4, -0.2) is 25.5 Å². The van der Waals surface area contributed by atoms with Crippen LogP contribution in [0.2, 0.25) is 0 Å². The minimum Gasteiger partial charge on any atom is -0.356 e. The lowest BCUT2D eigenvalue weighted by Gasteiger charge is -2.27. The van der Waals surface area contributed by atoms with Crippen LogP contribution in [0.4, 0.5) is 0 Å². The lowest BCUT2D eigenvalue weighted by atomic mass is 9.81. The zero-order chi connectivity index (χ0) is 12.8. The first-order chi connectivity index (χ1) is 8.75. The van der Waals surface area contributed by atoms with E-state index in [1.807, 2.05) is 0 Å². The summed E-state index contributed by atoms with van der Waals surface area (Å²) in [6.07, 6.45) is 8.71. The van der Waals surface area contributed by atoms with Crippen molar-refractivity contribution < 1.29 is 4.79 Å². The fraction of sp³-hybridized carbons (Fsp3) is 0.933. The first-order valence-electron chi connectivity index (χ1n) is 7.74. The molecule has 1 saturated carbocycles. The highest BCUT2D eigenvalue weighted by molar-refractivity contribution is 5.85. The number of halogens is 1. The van der Waals surface area contributed by atoms with E-state index in [0.717, 1.165) is 44.3 Å². The summed E-state index contributed by atoms with van der Waals surface area (Å²) in [4.78, 5) is 12.0. The molecule has 0 aromatic carbocycles. The van der Waals surface area contributed by atoms with Gasteiger partial charge in [-0.05, 0) is 50.6 Å². The lowest BCUT2D eigenvalue weighted by Crippen LogP contribution is -2.38. The molecule has 2 unspecified atom stereocenters. The van der Waals surface area contributed by atoms with Crippen LogP contribution in [0, 0.1) is 17.8 Å². The predicted molar refractivity (Wildman–Crippen MR) is 81.6 cm³/mol. The summed E-state index contributed by atoms with van der Waals surface area (Å²) in [6, 6.07) is 0. The van der Waals surface area contributed by atoms with Gasteiger partial charge in [-0.15, -0.1) is 12.4 Å². The summed E-state index contributed by atoms with van der Waals surface area (Å²) in [5.41, 5.74) is 0. The summed E-state index contributed by atoms with van der Waals surface area (Å²) >= 11 is 0. The molecule has 1 amide bonds.